The second-order valence-corrected chi connectivity index (χ2v) is 5.25. The number of nitrogens with zero attached hydrogens (tertiary/aromatic N) is 2. The van der Waals surface area contributed by atoms with E-state index in [1.54, 1.807) is 0 Å². The van der Waals surface area contributed by atoms with Crippen molar-refractivity contribution in [3.63, 3.8) is 0 Å². The van der Waals surface area contributed by atoms with Crippen molar-refractivity contribution in [1.29, 1.82) is 0 Å². The van der Waals surface area contributed by atoms with Crippen LogP contribution in [0.15, 0.2) is 34.9 Å². The smallest absolute Gasteiger partial charge is 0.0711 e. The third-order valence-electron chi connectivity index (χ3n) is 2.65. The molecule has 2 rings (SSSR count). The number of rotatable bonds is 3. The zero-order chi connectivity index (χ0) is 12.4. The molecule has 1 aromatic heterocycles. The molecule has 3 nitrogen and oxygen atoms in total. The first-order valence-corrected chi connectivity index (χ1v) is 6.39. The summed E-state index contributed by atoms with van der Waals surface area (Å²) in [6.07, 6.45) is 2.75. The van der Waals surface area contributed by atoms with Crippen LogP contribution in [-0.4, -0.2) is 15.8 Å². The van der Waals surface area contributed by atoms with Crippen LogP contribution in [0.3, 0.4) is 0 Å². The summed E-state index contributed by atoms with van der Waals surface area (Å²) >= 11 is 3.49. The van der Waals surface area contributed by atoms with E-state index in [9.17, 15) is 0 Å². The molecular formula is C13H16BrN3. The van der Waals surface area contributed by atoms with Crippen molar-refractivity contribution in [3.8, 4) is 11.3 Å². The van der Waals surface area contributed by atoms with Crippen LogP contribution in [0.4, 0.5) is 0 Å². The lowest BCUT2D eigenvalue weighted by Gasteiger charge is -2.08. The Hall–Kier alpha value is -1.13. The molecule has 1 aromatic carbocycles. The summed E-state index contributed by atoms with van der Waals surface area (Å²) in [4.78, 5) is 0. The van der Waals surface area contributed by atoms with Crippen LogP contribution in [0.5, 0.6) is 0 Å². The minimum Gasteiger partial charge on any atom is -0.328 e. The van der Waals surface area contributed by atoms with Gasteiger partial charge in [-0.05, 0) is 31.0 Å². The maximum absolute atomic E-state index is 5.86. The van der Waals surface area contributed by atoms with Crippen LogP contribution in [-0.2, 0) is 13.5 Å². The van der Waals surface area contributed by atoms with Gasteiger partial charge in [-0.3, -0.25) is 4.68 Å². The van der Waals surface area contributed by atoms with Gasteiger partial charge in [0.15, 0.2) is 0 Å². The highest BCUT2D eigenvalue weighted by Gasteiger charge is 2.12. The molecule has 0 aliphatic rings. The van der Waals surface area contributed by atoms with Gasteiger partial charge in [0, 0.05) is 23.1 Å². The fourth-order valence-electron chi connectivity index (χ4n) is 1.99. The quantitative estimate of drug-likeness (QED) is 0.946. The maximum atomic E-state index is 5.86. The molecule has 1 heterocycles. The average Bonchev–Trinajstić information content (AvgIpc) is 2.59. The summed E-state index contributed by atoms with van der Waals surface area (Å²) in [5, 5.41) is 4.32. The highest BCUT2D eigenvalue weighted by atomic mass is 79.9. The molecule has 2 aromatic rings. The Labute approximate surface area is 110 Å². The molecule has 0 fully saturated rings. The number of aromatic nitrogens is 2. The number of benzene rings is 1. The number of hydrogen-bond donors (Lipinski definition) is 1. The summed E-state index contributed by atoms with van der Waals surface area (Å²) in [5.41, 5.74) is 9.36. The molecule has 2 N–H and O–H groups in total. The van der Waals surface area contributed by atoms with Gasteiger partial charge >= 0.3 is 0 Å². The first-order chi connectivity index (χ1) is 8.08. The zero-order valence-electron chi connectivity index (χ0n) is 10.0. The van der Waals surface area contributed by atoms with Gasteiger partial charge in [0.05, 0.1) is 11.9 Å². The molecule has 4 heteroatoms. The summed E-state index contributed by atoms with van der Waals surface area (Å²) in [7, 11) is 1.96. The van der Waals surface area contributed by atoms with E-state index in [-0.39, 0.29) is 6.04 Å². The van der Waals surface area contributed by atoms with Crippen molar-refractivity contribution in [3.05, 3.63) is 40.5 Å². The van der Waals surface area contributed by atoms with Crippen molar-refractivity contribution >= 4 is 15.9 Å². The second kappa shape index (κ2) is 5.02. The number of nitrogens with two attached hydrogens (primary N) is 1. The molecule has 1 atom stereocenters. The van der Waals surface area contributed by atoms with Crippen LogP contribution < -0.4 is 5.73 Å². The van der Waals surface area contributed by atoms with E-state index < -0.39 is 0 Å². The van der Waals surface area contributed by atoms with Crippen LogP contribution in [0.25, 0.3) is 11.3 Å². The monoisotopic (exact) mass is 293 g/mol. The lowest BCUT2D eigenvalue weighted by Crippen LogP contribution is -2.18. The molecule has 0 amide bonds. The van der Waals surface area contributed by atoms with Crippen molar-refractivity contribution < 1.29 is 0 Å². The van der Waals surface area contributed by atoms with Crippen molar-refractivity contribution in [1.82, 2.24) is 9.78 Å². The Morgan fingerprint density at radius 2 is 2.24 bits per heavy atom. The first-order valence-electron chi connectivity index (χ1n) is 5.60. The number of halogens is 1. The lowest BCUT2D eigenvalue weighted by molar-refractivity contribution is 0.737. The van der Waals surface area contributed by atoms with Gasteiger partial charge in [-0.2, -0.15) is 5.10 Å². The van der Waals surface area contributed by atoms with E-state index in [0.717, 1.165) is 22.2 Å². The summed E-state index contributed by atoms with van der Waals surface area (Å²) in [5.74, 6) is 0. The molecule has 0 bridgehead atoms. The fraction of sp³-hybridized carbons (Fsp3) is 0.308. The van der Waals surface area contributed by atoms with Crippen molar-refractivity contribution in [2.75, 3.05) is 0 Å². The number of aryl methyl sites for hydroxylation is 1. The Morgan fingerprint density at radius 3 is 2.88 bits per heavy atom. The Balaban J connectivity index is 2.47. The summed E-state index contributed by atoms with van der Waals surface area (Å²) in [6, 6.07) is 8.38. The predicted octanol–water partition coefficient (Wildman–Crippen LogP) is 2.74. The van der Waals surface area contributed by atoms with Gasteiger partial charge in [-0.25, -0.2) is 0 Å². The van der Waals surface area contributed by atoms with Crippen molar-refractivity contribution in [2.45, 2.75) is 19.4 Å². The average molecular weight is 294 g/mol. The Kier molecular flexibility index (Phi) is 3.64. The van der Waals surface area contributed by atoms with Gasteiger partial charge in [0.2, 0.25) is 0 Å². The highest BCUT2D eigenvalue weighted by Crippen LogP contribution is 2.26. The normalized spacial score (nSPS) is 12.7. The van der Waals surface area contributed by atoms with Crippen LogP contribution in [0.1, 0.15) is 12.5 Å². The standard InChI is InChI=1S/C13H16BrN3/c1-9(15)6-11-8-16-17(2)13(11)10-4-3-5-12(14)7-10/h3-5,7-9H,6,15H2,1-2H3. The highest BCUT2D eigenvalue weighted by molar-refractivity contribution is 9.10. The lowest BCUT2D eigenvalue weighted by atomic mass is 10.0. The third kappa shape index (κ3) is 2.76. The zero-order valence-corrected chi connectivity index (χ0v) is 11.6. The van der Waals surface area contributed by atoms with Gasteiger partial charge in [-0.15, -0.1) is 0 Å². The van der Waals surface area contributed by atoms with Crippen LogP contribution in [0, 0.1) is 0 Å². The van der Waals surface area contributed by atoms with Gasteiger partial charge in [0.25, 0.3) is 0 Å². The van der Waals surface area contributed by atoms with Gasteiger partial charge in [-0.1, -0.05) is 28.1 Å². The minimum atomic E-state index is 0.144. The SMILES string of the molecule is CC(N)Cc1cnn(C)c1-c1cccc(Br)c1. The van der Waals surface area contributed by atoms with E-state index in [1.807, 2.05) is 37.0 Å². The van der Waals surface area contributed by atoms with E-state index in [4.69, 9.17) is 5.73 Å². The van der Waals surface area contributed by atoms with Gasteiger partial charge < -0.3 is 5.73 Å². The van der Waals surface area contributed by atoms with Crippen LogP contribution in [0.2, 0.25) is 0 Å². The van der Waals surface area contributed by atoms with Crippen molar-refractivity contribution in [2.24, 2.45) is 12.8 Å². The van der Waals surface area contributed by atoms with Crippen LogP contribution >= 0.6 is 15.9 Å². The first kappa shape index (κ1) is 12.3. The molecule has 0 aliphatic heterocycles. The van der Waals surface area contributed by atoms with E-state index in [2.05, 4.69) is 33.2 Å². The van der Waals surface area contributed by atoms with Gasteiger partial charge in [0.1, 0.15) is 0 Å². The van der Waals surface area contributed by atoms with E-state index in [0.29, 0.717) is 0 Å². The molecule has 17 heavy (non-hydrogen) atoms. The summed E-state index contributed by atoms with van der Waals surface area (Å²) in [6.45, 7) is 2.01. The molecule has 90 valence electrons. The van der Waals surface area contributed by atoms with E-state index >= 15 is 0 Å². The molecule has 0 aliphatic carbocycles. The minimum absolute atomic E-state index is 0.144. The van der Waals surface area contributed by atoms with E-state index in [1.165, 1.54) is 5.56 Å². The number of hydrogen-bond acceptors (Lipinski definition) is 2. The Bertz CT molecular complexity index is 517. The third-order valence-corrected chi connectivity index (χ3v) is 3.15. The predicted molar refractivity (Wildman–Crippen MR) is 73.7 cm³/mol. The Morgan fingerprint density at radius 1 is 1.47 bits per heavy atom. The molecule has 0 radical (unpaired) electrons. The topological polar surface area (TPSA) is 43.8 Å². The summed E-state index contributed by atoms with van der Waals surface area (Å²) < 4.78 is 2.97. The second-order valence-electron chi connectivity index (χ2n) is 4.33. The molecule has 1 unspecified atom stereocenters. The molecule has 0 saturated heterocycles. The molecular weight excluding hydrogens is 278 g/mol. The molecule has 0 spiro atoms. The molecule has 0 saturated carbocycles. The fourth-order valence-corrected chi connectivity index (χ4v) is 2.39. The maximum Gasteiger partial charge on any atom is 0.0711 e. The largest absolute Gasteiger partial charge is 0.328 e.